The van der Waals surface area contributed by atoms with Crippen LogP contribution in [0, 0.1) is 0 Å². The highest BCUT2D eigenvalue weighted by Gasteiger charge is 2.28. The molecule has 0 amide bonds. The zero-order chi connectivity index (χ0) is 11.6. The summed E-state index contributed by atoms with van der Waals surface area (Å²) in [6.45, 7) is 0. The molecule has 0 atom stereocenters. The molecule has 0 unspecified atom stereocenters. The lowest BCUT2D eigenvalue weighted by molar-refractivity contribution is 0.850. The van der Waals surface area contributed by atoms with E-state index >= 15 is 0 Å². The van der Waals surface area contributed by atoms with Crippen molar-refractivity contribution in [1.29, 1.82) is 0 Å². The normalized spacial score (nSPS) is 11.4. The fourth-order valence-corrected chi connectivity index (χ4v) is 1.70. The Hall–Kier alpha value is -0.900. The van der Waals surface area contributed by atoms with Crippen LogP contribution in [0.3, 0.4) is 0 Å². The number of halogens is 3. The Bertz CT molecular complexity index is 482. The maximum absolute atomic E-state index is 5.84. The first-order valence-electron chi connectivity index (χ1n) is 4.40. The third-order valence-electron chi connectivity index (χ3n) is 1.99. The van der Waals surface area contributed by atoms with Crippen molar-refractivity contribution in [2.45, 2.75) is 3.79 Å². The minimum atomic E-state index is -1.56. The molecule has 0 fully saturated rings. The lowest BCUT2D eigenvalue weighted by Crippen LogP contribution is -2.07. The Morgan fingerprint density at radius 2 is 1.69 bits per heavy atom. The van der Waals surface area contributed by atoms with E-state index in [0.717, 1.165) is 5.56 Å². The summed E-state index contributed by atoms with van der Waals surface area (Å²) in [4.78, 5) is 0. The molecule has 0 aliphatic rings. The van der Waals surface area contributed by atoms with Crippen molar-refractivity contribution in [3.05, 3.63) is 42.1 Å². The van der Waals surface area contributed by atoms with Gasteiger partial charge in [0.1, 0.15) is 5.69 Å². The van der Waals surface area contributed by atoms with Gasteiger partial charge in [-0.3, -0.25) is 0 Å². The van der Waals surface area contributed by atoms with E-state index in [1.165, 1.54) is 6.20 Å². The first kappa shape index (κ1) is 11.6. The van der Waals surface area contributed by atoms with Gasteiger partial charge in [-0.15, -0.1) is 10.2 Å². The largest absolute Gasteiger partial charge is 0.219 e. The molecule has 0 spiro atoms. The monoisotopic (exact) mass is 273 g/mol. The number of hydrogen-bond acceptors (Lipinski definition) is 3. The van der Waals surface area contributed by atoms with Crippen molar-refractivity contribution in [3.8, 4) is 11.3 Å². The van der Waals surface area contributed by atoms with Crippen molar-refractivity contribution in [3.63, 3.8) is 0 Å². The van der Waals surface area contributed by atoms with E-state index in [1.807, 2.05) is 30.3 Å². The molecule has 3 nitrogen and oxygen atoms in total. The molecule has 0 saturated carbocycles. The lowest BCUT2D eigenvalue weighted by atomic mass is 10.1. The summed E-state index contributed by atoms with van der Waals surface area (Å²) in [5, 5.41) is 11.1. The molecule has 0 radical (unpaired) electrons. The Morgan fingerprint density at radius 1 is 1.00 bits per heavy atom. The second kappa shape index (κ2) is 4.53. The molecule has 0 aliphatic heterocycles. The molecule has 2 rings (SSSR count). The topological polar surface area (TPSA) is 38.7 Å². The highest BCUT2D eigenvalue weighted by Crippen LogP contribution is 2.41. The van der Waals surface area contributed by atoms with Gasteiger partial charge in [0.2, 0.25) is 3.79 Å². The smallest absolute Gasteiger partial charge is 0.138 e. The third-order valence-corrected chi connectivity index (χ3v) is 2.60. The van der Waals surface area contributed by atoms with Crippen LogP contribution in [0.15, 0.2) is 36.5 Å². The molecule has 0 N–H and O–H groups in total. The molecule has 0 aliphatic carbocycles. The summed E-state index contributed by atoms with van der Waals surface area (Å²) in [6, 6.07) is 9.38. The number of benzene rings is 1. The van der Waals surface area contributed by atoms with E-state index in [4.69, 9.17) is 34.8 Å². The van der Waals surface area contributed by atoms with Crippen molar-refractivity contribution in [2.75, 3.05) is 0 Å². The fourth-order valence-electron chi connectivity index (χ4n) is 1.29. The van der Waals surface area contributed by atoms with Crippen molar-refractivity contribution >= 4 is 34.8 Å². The van der Waals surface area contributed by atoms with Crippen LogP contribution < -0.4 is 0 Å². The summed E-state index contributed by atoms with van der Waals surface area (Å²) in [5.41, 5.74) is 1.77. The Morgan fingerprint density at radius 3 is 2.31 bits per heavy atom. The van der Waals surface area contributed by atoms with Gasteiger partial charge >= 0.3 is 0 Å². The van der Waals surface area contributed by atoms with Gasteiger partial charge in [-0.2, -0.15) is 0 Å². The zero-order valence-corrected chi connectivity index (χ0v) is 10.2. The van der Waals surface area contributed by atoms with Crippen LogP contribution in [0.4, 0.5) is 0 Å². The van der Waals surface area contributed by atoms with Crippen LogP contribution in [0.5, 0.6) is 0 Å². The SMILES string of the molecule is ClC(Cl)(Cl)c1cnnnc1-c1ccccc1. The Balaban J connectivity index is 2.58. The van der Waals surface area contributed by atoms with E-state index in [-0.39, 0.29) is 0 Å². The molecular weight excluding hydrogens is 268 g/mol. The second-order valence-electron chi connectivity index (χ2n) is 3.06. The van der Waals surface area contributed by atoms with Crippen LogP contribution in [0.25, 0.3) is 11.3 Å². The van der Waals surface area contributed by atoms with Crippen LogP contribution >= 0.6 is 34.8 Å². The van der Waals surface area contributed by atoms with Crippen LogP contribution in [0.1, 0.15) is 5.56 Å². The minimum absolute atomic E-state index is 0.415. The molecule has 1 heterocycles. The third kappa shape index (κ3) is 2.43. The average Bonchev–Trinajstić information content (AvgIpc) is 2.29. The summed E-state index contributed by atoms with van der Waals surface area (Å²) in [7, 11) is 0. The van der Waals surface area contributed by atoms with Crippen molar-refractivity contribution in [1.82, 2.24) is 15.4 Å². The van der Waals surface area contributed by atoms with Gasteiger partial charge < -0.3 is 0 Å². The summed E-state index contributed by atoms with van der Waals surface area (Å²) in [6.07, 6.45) is 1.41. The molecular formula is C10H6Cl3N3. The first-order chi connectivity index (χ1) is 7.59. The highest BCUT2D eigenvalue weighted by atomic mass is 35.6. The Kier molecular flexibility index (Phi) is 3.28. The van der Waals surface area contributed by atoms with E-state index in [0.29, 0.717) is 11.3 Å². The van der Waals surface area contributed by atoms with Gasteiger partial charge in [0.15, 0.2) is 0 Å². The number of rotatable bonds is 1. The van der Waals surface area contributed by atoms with Gasteiger partial charge in [-0.1, -0.05) is 65.1 Å². The van der Waals surface area contributed by atoms with Gasteiger partial charge in [0, 0.05) is 5.56 Å². The molecule has 0 bridgehead atoms. The number of hydrogen-bond donors (Lipinski definition) is 0. The molecule has 82 valence electrons. The maximum Gasteiger partial charge on any atom is 0.219 e. The van der Waals surface area contributed by atoms with Gasteiger partial charge in [-0.25, -0.2) is 0 Å². The summed E-state index contributed by atoms with van der Waals surface area (Å²) in [5.74, 6) is 0. The van der Waals surface area contributed by atoms with Gasteiger partial charge in [-0.05, 0) is 5.21 Å². The maximum atomic E-state index is 5.84. The predicted molar refractivity (Wildman–Crippen MR) is 64.5 cm³/mol. The standard InChI is InChI=1S/C10H6Cl3N3/c11-10(12,13)8-6-14-16-15-9(8)7-4-2-1-3-5-7/h1-6H. The summed E-state index contributed by atoms with van der Waals surface area (Å²) >= 11 is 17.5. The van der Waals surface area contributed by atoms with E-state index in [1.54, 1.807) is 0 Å². The number of alkyl halides is 3. The van der Waals surface area contributed by atoms with Crippen molar-refractivity contribution < 1.29 is 0 Å². The predicted octanol–water partition coefficient (Wildman–Crippen LogP) is 3.37. The van der Waals surface area contributed by atoms with Crippen LogP contribution in [-0.4, -0.2) is 15.4 Å². The zero-order valence-electron chi connectivity index (χ0n) is 7.94. The molecule has 6 heteroatoms. The average molecular weight is 275 g/mol. The highest BCUT2D eigenvalue weighted by molar-refractivity contribution is 6.67. The molecule has 16 heavy (non-hydrogen) atoms. The van der Waals surface area contributed by atoms with Crippen LogP contribution in [-0.2, 0) is 3.79 Å². The van der Waals surface area contributed by atoms with E-state index in [2.05, 4.69) is 15.4 Å². The fraction of sp³-hybridized carbons (Fsp3) is 0.100. The molecule has 0 saturated heterocycles. The second-order valence-corrected chi connectivity index (χ2v) is 5.34. The van der Waals surface area contributed by atoms with E-state index < -0.39 is 3.79 Å². The van der Waals surface area contributed by atoms with Crippen LogP contribution in [0.2, 0.25) is 0 Å². The minimum Gasteiger partial charge on any atom is -0.138 e. The van der Waals surface area contributed by atoms with E-state index in [9.17, 15) is 0 Å². The molecule has 1 aromatic carbocycles. The van der Waals surface area contributed by atoms with Gasteiger partial charge in [0.25, 0.3) is 0 Å². The first-order valence-corrected chi connectivity index (χ1v) is 5.53. The number of aromatic nitrogens is 3. The molecule has 1 aromatic heterocycles. The Labute approximate surface area is 107 Å². The van der Waals surface area contributed by atoms with Crippen molar-refractivity contribution in [2.24, 2.45) is 0 Å². The number of nitrogens with zero attached hydrogens (tertiary/aromatic N) is 3. The summed E-state index contributed by atoms with van der Waals surface area (Å²) < 4.78 is -1.56. The quantitative estimate of drug-likeness (QED) is 0.748. The molecule has 2 aromatic rings. The lowest BCUT2D eigenvalue weighted by Gasteiger charge is -2.13. The van der Waals surface area contributed by atoms with Gasteiger partial charge in [0.05, 0.1) is 11.8 Å².